The van der Waals surface area contributed by atoms with Crippen molar-refractivity contribution in [2.45, 2.75) is 32.1 Å². The minimum absolute atomic E-state index is 0.0813. The van der Waals surface area contributed by atoms with Crippen molar-refractivity contribution in [3.63, 3.8) is 0 Å². The van der Waals surface area contributed by atoms with E-state index in [1.54, 1.807) is 36.4 Å². The van der Waals surface area contributed by atoms with Gasteiger partial charge in [0.15, 0.2) is 5.78 Å². The molecule has 0 saturated carbocycles. The van der Waals surface area contributed by atoms with Gasteiger partial charge in [0.2, 0.25) is 11.8 Å². The van der Waals surface area contributed by atoms with E-state index in [1.807, 2.05) is 35.3 Å². The number of hydrogen-bond donors (Lipinski definition) is 1. The van der Waals surface area contributed by atoms with Gasteiger partial charge in [-0.25, -0.2) is 0 Å². The first-order valence-corrected chi connectivity index (χ1v) is 11.1. The number of allylic oxidation sites excluding steroid dienone is 2. The van der Waals surface area contributed by atoms with E-state index in [4.69, 9.17) is 0 Å². The molecule has 1 aliphatic heterocycles. The Labute approximate surface area is 183 Å². The second kappa shape index (κ2) is 9.73. The van der Waals surface area contributed by atoms with Crippen LogP contribution in [0.15, 0.2) is 66.7 Å². The molecule has 2 aromatic carbocycles. The van der Waals surface area contributed by atoms with Crippen LogP contribution in [0, 0.1) is 11.8 Å². The van der Waals surface area contributed by atoms with Crippen molar-refractivity contribution in [3.8, 4) is 0 Å². The van der Waals surface area contributed by atoms with E-state index in [0.29, 0.717) is 29.7 Å². The van der Waals surface area contributed by atoms with Gasteiger partial charge in [0.25, 0.3) is 0 Å². The van der Waals surface area contributed by atoms with Gasteiger partial charge >= 0.3 is 0 Å². The predicted octanol–water partition coefficient (Wildman–Crippen LogP) is 4.45. The van der Waals surface area contributed by atoms with Crippen molar-refractivity contribution in [2.24, 2.45) is 11.8 Å². The Balaban J connectivity index is 1.53. The molecular weight excluding hydrogens is 388 g/mol. The van der Waals surface area contributed by atoms with Crippen LogP contribution < -0.4 is 5.32 Å². The van der Waals surface area contributed by atoms with E-state index in [2.05, 4.69) is 5.32 Å². The van der Waals surface area contributed by atoms with E-state index in [9.17, 15) is 14.4 Å². The van der Waals surface area contributed by atoms with Gasteiger partial charge in [-0.2, -0.15) is 0 Å². The molecule has 0 radical (unpaired) electrons. The summed E-state index contributed by atoms with van der Waals surface area (Å²) in [7, 11) is 0. The fourth-order valence-corrected chi connectivity index (χ4v) is 4.49. The zero-order valence-electron chi connectivity index (χ0n) is 17.6. The van der Waals surface area contributed by atoms with Crippen LogP contribution in [0.25, 0.3) is 0 Å². The summed E-state index contributed by atoms with van der Waals surface area (Å²) >= 11 is 0. The highest BCUT2D eigenvalue weighted by Crippen LogP contribution is 2.30. The molecule has 1 saturated heterocycles. The molecule has 0 aromatic heterocycles. The summed E-state index contributed by atoms with van der Waals surface area (Å²) < 4.78 is 0. The molecule has 1 heterocycles. The summed E-state index contributed by atoms with van der Waals surface area (Å²) in [5.41, 5.74) is 1.51. The molecule has 4 rings (SSSR count). The van der Waals surface area contributed by atoms with E-state index >= 15 is 0 Å². The Morgan fingerprint density at radius 3 is 2.16 bits per heavy atom. The summed E-state index contributed by atoms with van der Waals surface area (Å²) in [6, 6.07) is 16.1. The van der Waals surface area contributed by atoms with Gasteiger partial charge in [0, 0.05) is 24.2 Å². The number of likely N-dealkylation sites (tertiary alicyclic amines) is 1. The zero-order chi connectivity index (χ0) is 21.6. The normalized spacial score (nSPS) is 20.8. The maximum absolute atomic E-state index is 13.2. The van der Waals surface area contributed by atoms with Crippen molar-refractivity contribution in [1.29, 1.82) is 0 Å². The molecule has 2 aromatic rings. The molecule has 0 bridgehead atoms. The van der Waals surface area contributed by atoms with Crippen LogP contribution >= 0.6 is 0 Å². The molecule has 160 valence electrons. The second-order valence-corrected chi connectivity index (χ2v) is 8.27. The topological polar surface area (TPSA) is 66.5 Å². The summed E-state index contributed by atoms with van der Waals surface area (Å²) in [6.07, 6.45) is 8.31. The number of amides is 2. The number of nitrogens with one attached hydrogen (secondary N) is 1. The molecule has 2 amide bonds. The van der Waals surface area contributed by atoms with Gasteiger partial charge in [0.05, 0.1) is 17.5 Å². The van der Waals surface area contributed by atoms with E-state index in [-0.39, 0.29) is 23.5 Å². The average molecular weight is 417 g/mol. The molecule has 2 unspecified atom stereocenters. The number of anilines is 1. The first-order chi connectivity index (χ1) is 15.1. The van der Waals surface area contributed by atoms with E-state index in [1.165, 1.54) is 0 Å². The second-order valence-electron chi connectivity index (χ2n) is 8.27. The number of carbonyl (C=O) groups excluding carboxylic acids is 3. The highest BCUT2D eigenvalue weighted by molar-refractivity contribution is 6.14. The summed E-state index contributed by atoms with van der Waals surface area (Å²) in [5, 5.41) is 2.95. The minimum atomic E-state index is -0.431. The number of hydrogen-bond acceptors (Lipinski definition) is 3. The van der Waals surface area contributed by atoms with Crippen molar-refractivity contribution in [2.75, 3.05) is 18.4 Å². The maximum Gasteiger partial charge on any atom is 0.228 e. The summed E-state index contributed by atoms with van der Waals surface area (Å²) in [4.78, 5) is 41.3. The van der Waals surface area contributed by atoms with Gasteiger partial charge in [-0.05, 0) is 44.2 Å². The first kappa shape index (κ1) is 21.0. The first-order valence-electron chi connectivity index (χ1n) is 11.1. The molecule has 5 heteroatoms. The number of nitrogens with zero attached hydrogens (tertiary/aromatic N) is 1. The largest absolute Gasteiger partial charge is 0.342 e. The third-order valence-electron chi connectivity index (χ3n) is 6.22. The Kier molecular flexibility index (Phi) is 6.60. The van der Waals surface area contributed by atoms with Crippen molar-refractivity contribution in [3.05, 3.63) is 77.9 Å². The molecule has 31 heavy (non-hydrogen) atoms. The fourth-order valence-electron chi connectivity index (χ4n) is 4.49. The fraction of sp³-hybridized carbons (Fsp3) is 0.346. The zero-order valence-corrected chi connectivity index (χ0v) is 17.6. The van der Waals surface area contributed by atoms with Crippen LogP contribution in [0.2, 0.25) is 0 Å². The van der Waals surface area contributed by atoms with Crippen LogP contribution in [0.5, 0.6) is 0 Å². The lowest BCUT2D eigenvalue weighted by Gasteiger charge is -2.34. The molecule has 1 aliphatic carbocycles. The lowest BCUT2D eigenvalue weighted by Crippen LogP contribution is -2.45. The predicted molar refractivity (Wildman–Crippen MR) is 121 cm³/mol. The lowest BCUT2D eigenvalue weighted by atomic mass is 9.81. The average Bonchev–Trinajstić information content (AvgIpc) is 2.84. The van der Waals surface area contributed by atoms with Gasteiger partial charge in [-0.3, -0.25) is 14.4 Å². The van der Waals surface area contributed by atoms with Gasteiger partial charge < -0.3 is 10.2 Å². The molecule has 1 fully saturated rings. The standard InChI is InChI=1S/C26H28N2O3/c29-24(19-11-3-1-4-12-19)22-15-7-8-16-23(22)27-25(30)20-13-5-6-14-21(20)26(31)28-17-9-2-10-18-28/h1,3-8,11-12,15-16,20-21H,2,9-10,13-14,17-18H2,(H,27,30). The summed E-state index contributed by atoms with van der Waals surface area (Å²) in [6.45, 7) is 1.56. The number of rotatable bonds is 5. The van der Waals surface area contributed by atoms with Crippen molar-refractivity contribution < 1.29 is 14.4 Å². The molecule has 0 spiro atoms. The SMILES string of the molecule is O=C(c1ccccc1)c1ccccc1NC(=O)C1CC=CCC1C(=O)N1CCCCC1. The van der Waals surface area contributed by atoms with Crippen molar-refractivity contribution >= 4 is 23.3 Å². The summed E-state index contributed by atoms with van der Waals surface area (Å²) in [5.74, 6) is -1.04. The molecule has 1 N–H and O–H groups in total. The number of piperidine rings is 1. The van der Waals surface area contributed by atoms with Crippen LogP contribution in [-0.2, 0) is 9.59 Å². The Bertz CT molecular complexity index is 977. The highest BCUT2D eigenvalue weighted by Gasteiger charge is 2.37. The Morgan fingerprint density at radius 1 is 0.774 bits per heavy atom. The molecular formula is C26H28N2O3. The third-order valence-corrected chi connectivity index (χ3v) is 6.22. The quantitative estimate of drug-likeness (QED) is 0.578. The molecule has 5 nitrogen and oxygen atoms in total. The van der Waals surface area contributed by atoms with E-state index < -0.39 is 5.92 Å². The molecule has 2 atom stereocenters. The third kappa shape index (κ3) is 4.76. The van der Waals surface area contributed by atoms with Gasteiger partial charge in [-0.15, -0.1) is 0 Å². The highest BCUT2D eigenvalue weighted by atomic mass is 16.2. The smallest absolute Gasteiger partial charge is 0.228 e. The molecule has 2 aliphatic rings. The number of carbonyl (C=O) groups is 3. The number of para-hydroxylation sites is 1. The van der Waals surface area contributed by atoms with E-state index in [0.717, 1.165) is 32.4 Å². The van der Waals surface area contributed by atoms with Gasteiger partial charge in [-0.1, -0.05) is 54.6 Å². The van der Waals surface area contributed by atoms with Crippen LogP contribution in [0.1, 0.15) is 48.0 Å². The Hall–Kier alpha value is -3.21. The van der Waals surface area contributed by atoms with Crippen molar-refractivity contribution in [1.82, 2.24) is 4.90 Å². The monoisotopic (exact) mass is 416 g/mol. The van der Waals surface area contributed by atoms with Crippen LogP contribution in [0.4, 0.5) is 5.69 Å². The lowest BCUT2D eigenvalue weighted by molar-refractivity contribution is -0.141. The minimum Gasteiger partial charge on any atom is -0.342 e. The number of ketones is 1. The maximum atomic E-state index is 13.2. The van der Waals surface area contributed by atoms with Gasteiger partial charge in [0.1, 0.15) is 0 Å². The van der Waals surface area contributed by atoms with Crippen LogP contribution in [0.3, 0.4) is 0 Å². The Morgan fingerprint density at radius 2 is 1.42 bits per heavy atom. The van der Waals surface area contributed by atoms with Crippen LogP contribution in [-0.4, -0.2) is 35.6 Å². The number of benzene rings is 2.